The average molecular weight is 423 g/mol. The molecule has 0 radical (unpaired) electrons. The first-order valence-corrected chi connectivity index (χ1v) is 10.8. The number of benzene rings is 1. The summed E-state index contributed by atoms with van der Waals surface area (Å²) in [6, 6.07) is 7.83. The number of hydrogen-bond donors (Lipinski definition) is 2. The van der Waals surface area contributed by atoms with E-state index in [0.29, 0.717) is 29.7 Å². The van der Waals surface area contributed by atoms with Gasteiger partial charge in [-0.2, -0.15) is 0 Å². The van der Waals surface area contributed by atoms with Crippen LogP contribution in [-0.4, -0.2) is 45.5 Å². The minimum absolute atomic E-state index is 0.0907. The van der Waals surface area contributed by atoms with Crippen LogP contribution in [0.25, 0.3) is 22.6 Å². The van der Waals surface area contributed by atoms with Gasteiger partial charge in [0, 0.05) is 37.7 Å². The van der Waals surface area contributed by atoms with Gasteiger partial charge in [0.2, 0.25) is 0 Å². The van der Waals surface area contributed by atoms with Crippen molar-refractivity contribution in [3.63, 3.8) is 0 Å². The summed E-state index contributed by atoms with van der Waals surface area (Å²) in [7, 11) is 2.06. The summed E-state index contributed by atoms with van der Waals surface area (Å²) in [4.78, 5) is 6.17. The zero-order valence-electron chi connectivity index (χ0n) is 17.7. The summed E-state index contributed by atoms with van der Waals surface area (Å²) < 4.78 is 20.1. The minimum Gasteiger partial charge on any atom is -0.507 e. The van der Waals surface area contributed by atoms with Crippen LogP contribution in [0, 0.1) is 12.7 Å². The Morgan fingerprint density at radius 1 is 1.13 bits per heavy atom. The monoisotopic (exact) mass is 423 g/mol. The van der Waals surface area contributed by atoms with E-state index >= 15 is 0 Å². The molecular formula is C23H26FN5O2. The molecular weight excluding hydrogens is 397 g/mol. The molecule has 0 spiro atoms. The van der Waals surface area contributed by atoms with Gasteiger partial charge in [-0.3, -0.25) is 0 Å². The van der Waals surface area contributed by atoms with Crippen LogP contribution in [0.4, 0.5) is 10.2 Å². The van der Waals surface area contributed by atoms with Gasteiger partial charge >= 0.3 is 0 Å². The van der Waals surface area contributed by atoms with E-state index < -0.39 is 5.82 Å². The van der Waals surface area contributed by atoms with Gasteiger partial charge in [-0.15, -0.1) is 10.2 Å². The highest BCUT2D eigenvalue weighted by Crippen LogP contribution is 2.35. The summed E-state index contributed by atoms with van der Waals surface area (Å²) in [5.41, 5.74) is 0.856. The second kappa shape index (κ2) is 7.92. The molecule has 5 rings (SSSR count). The lowest BCUT2D eigenvalue weighted by Crippen LogP contribution is -2.54. The molecule has 31 heavy (non-hydrogen) atoms. The van der Waals surface area contributed by atoms with Crippen LogP contribution in [0.15, 0.2) is 34.9 Å². The maximum Gasteiger partial charge on any atom is 0.191 e. The lowest BCUT2D eigenvalue weighted by atomic mass is 9.83. The van der Waals surface area contributed by atoms with E-state index in [1.165, 1.54) is 37.6 Å². The van der Waals surface area contributed by atoms with Gasteiger partial charge in [0.15, 0.2) is 17.5 Å². The molecule has 2 aliphatic heterocycles. The molecule has 2 N–H and O–H groups in total. The Labute approximate surface area is 180 Å². The zero-order valence-corrected chi connectivity index (χ0v) is 17.7. The number of oxazole rings is 1. The lowest BCUT2D eigenvalue weighted by molar-refractivity contribution is 0.219. The molecule has 8 heteroatoms. The predicted molar refractivity (Wildman–Crippen MR) is 115 cm³/mol. The Balaban J connectivity index is 1.37. The topological polar surface area (TPSA) is 87.3 Å². The Morgan fingerprint density at radius 2 is 1.90 bits per heavy atom. The number of piperidine rings is 2. The number of fused-ring (bicyclic) bond motifs is 2. The van der Waals surface area contributed by atoms with Crippen LogP contribution < -0.4 is 10.2 Å². The van der Waals surface area contributed by atoms with Crippen molar-refractivity contribution in [3.05, 3.63) is 42.2 Å². The number of rotatable bonds is 4. The Morgan fingerprint density at radius 3 is 2.55 bits per heavy atom. The first-order valence-electron chi connectivity index (χ1n) is 10.8. The predicted octanol–water partition coefficient (Wildman–Crippen LogP) is 4.06. The molecule has 1 aromatic carbocycles. The number of hydrogen-bond acceptors (Lipinski definition) is 7. The number of phenols is 1. The number of phenolic OH excluding ortho intramolecular Hbond substituents is 1. The number of halogens is 1. The number of aromatic hydroxyl groups is 1. The highest BCUT2D eigenvalue weighted by atomic mass is 19.1. The van der Waals surface area contributed by atoms with E-state index in [9.17, 15) is 9.50 Å². The summed E-state index contributed by atoms with van der Waals surface area (Å²) in [6.07, 6.45) is 7.42. The van der Waals surface area contributed by atoms with E-state index in [1.54, 1.807) is 13.0 Å². The fourth-order valence-corrected chi connectivity index (χ4v) is 4.84. The Kier molecular flexibility index (Phi) is 5.09. The van der Waals surface area contributed by atoms with E-state index in [0.717, 1.165) is 18.7 Å². The molecule has 3 aromatic rings. The Bertz CT molecular complexity index is 1070. The van der Waals surface area contributed by atoms with Crippen LogP contribution in [0.1, 0.15) is 38.0 Å². The van der Waals surface area contributed by atoms with Crippen molar-refractivity contribution in [2.45, 2.75) is 57.2 Å². The quantitative estimate of drug-likeness (QED) is 0.654. The second-order valence-electron chi connectivity index (χ2n) is 8.60. The molecule has 0 amide bonds. The highest BCUT2D eigenvalue weighted by Gasteiger charge is 2.33. The van der Waals surface area contributed by atoms with E-state index in [4.69, 9.17) is 4.42 Å². The number of aryl methyl sites for hydroxylation is 1. The van der Waals surface area contributed by atoms with E-state index in [1.807, 2.05) is 6.07 Å². The zero-order chi connectivity index (χ0) is 21.5. The number of nitrogens with zero attached hydrogens (tertiary/aromatic N) is 4. The molecule has 0 aliphatic carbocycles. The molecule has 7 nitrogen and oxygen atoms in total. The van der Waals surface area contributed by atoms with Crippen molar-refractivity contribution < 1.29 is 13.9 Å². The fourth-order valence-electron chi connectivity index (χ4n) is 4.84. The van der Waals surface area contributed by atoms with Gasteiger partial charge < -0.3 is 19.7 Å². The summed E-state index contributed by atoms with van der Waals surface area (Å²) >= 11 is 0. The smallest absolute Gasteiger partial charge is 0.191 e. The molecule has 2 fully saturated rings. The first-order chi connectivity index (χ1) is 15.0. The van der Waals surface area contributed by atoms with E-state index in [-0.39, 0.29) is 22.6 Å². The average Bonchev–Trinajstić information content (AvgIpc) is 3.20. The fraction of sp³-hybridized carbons (Fsp3) is 0.435. The van der Waals surface area contributed by atoms with Gasteiger partial charge in [-0.25, -0.2) is 9.37 Å². The molecule has 162 valence electrons. The first kappa shape index (κ1) is 19.9. The number of anilines is 1. The Hall–Kier alpha value is -3.00. The largest absolute Gasteiger partial charge is 0.507 e. The maximum atomic E-state index is 14.7. The van der Waals surface area contributed by atoms with Crippen molar-refractivity contribution >= 4 is 5.82 Å². The molecule has 2 bridgehead atoms. The normalized spacial score (nSPS) is 23.0. The molecule has 2 unspecified atom stereocenters. The molecule has 4 heterocycles. The van der Waals surface area contributed by atoms with Crippen molar-refractivity contribution in [2.75, 3.05) is 11.9 Å². The van der Waals surface area contributed by atoms with Gasteiger partial charge in [0.05, 0.1) is 17.5 Å². The molecule has 2 aliphatic rings. The van der Waals surface area contributed by atoms with Crippen molar-refractivity contribution in [1.82, 2.24) is 20.5 Å². The van der Waals surface area contributed by atoms with Crippen LogP contribution in [0.5, 0.6) is 5.75 Å². The summed E-state index contributed by atoms with van der Waals surface area (Å²) in [5.74, 6) is 0.871. The molecule has 2 saturated heterocycles. The van der Waals surface area contributed by atoms with Crippen LogP contribution >= 0.6 is 0 Å². The van der Waals surface area contributed by atoms with Crippen molar-refractivity contribution in [3.8, 4) is 28.3 Å². The molecule has 0 saturated carbocycles. The maximum absolute atomic E-state index is 14.7. The van der Waals surface area contributed by atoms with E-state index in [2.05, 4.69) is 32.4 Å². The second-order valence-corrected chi connectivity index (χ2v) is 8.60. The highest BCUT2D eigenvalue weighted by molar-refractivity contribution is 5.73. The van der Waals surface area contributed by atoms with Crippen LogP contribution in [0.3, 0.4) is 0 Å². The van der Waals surface area contributed by atoms with Gasteiger partial charge in [-0.05, 0) is 49.9 Å². The summed E-state index contributed by atoms with van der Waals surface area (Å²) in [6.45, 7) is 1.68. The standard InChI is InChI=1S/C23H26FN5O2/c1-13-25-12-22(31-13)17-11-21(30)18(10-19(17)24)20-6-7-23(28-27-20)29(2)16-8-14-4-3-5-15(9-16)26-14/h6-7,10-12,14-16,26,30H,3-5,8-9H2,1-2H3. The third kappa shape index (κ3) is 3.87. The number of aromatic nitrogens is 3. The van der Waals surface area contributed by atoms with Crippen LogP contribution in [0.2, 0.25) is 0 Å². The molecule has 2 atom stereocenters. The lowest BCUT2D eigenvalue weighted by Gasteiger charge is -2.43. The molecule has 2 aromatic heterocycles. The van der Waals surface area contributed by atoms with Gasteiger partial charge in [0.1, 0.15) is 11.6 Å². The van der Waals surface area contributed by atoms with Crippen molar-refractivity contribution in [1.29, 1.82) is 0 Å². The van der Waals surface area contributed by atoms with Gasteiger partial charge in [0.25, 0.3) is 0 Å². The van der Waals surface area contributed by atoms with Crippen LogP contribution in [-0.2, 0) is 0 Å². The van der Waals surface area contributed by atoms with Crippen molar-refractivity contribution in [2.24, 2.45) is 0 Å². The van der Waals surface area contributed by atoms with Gasteiger partial charge in [-0.1, -0.05) is 6.42 Å². The SMILES string of the molecule is Cc1ncc(-c2cc(O)c(-c3ccc(N(C)C4CC5CCCC(C4)N5)nn3)cc2F)o1. The number of nitrogens with one attached hydrogen (secondary N) is 1. The summed E-state index contributed by atoms with van der Waals surface area (Å²) in [5, 5.41) is 22.9. The third-order valence-corrected chi connectivity index (χ3v) is 6.50. The third-order valence-electron chi connectivity index (χ3n) is 6.50. The minimum atomic E-state index is -0.520.